The van der Waals surface area contributed by atoms with Crippen LogP contribution in [0.1, 0.15) is 23.2 Å². The first-order valence-electron chi connectivity index (χ1n) is 8.57. The molecule has 3 fully saturated rings. The van der Waals surface area contributed by atoms with Crippen molar-refractivity contribution >= 4 is 5.91 Å². The van der Waals surface area contributed by atoms with Crippen LogP contribution in [-0.4, -0.2) is 61.1 Å². The summed E-state index contributed by atoms with van der Waals surface area (Å²) in [5.41, 5.74) is 0.466. The maximum absolute atomic E-state index is 13.4. The summed E-state index contributed by atoms with van der Waals surface area (Å²) in [6.45, 7) is 5.66. The molecule has 0 saturated carbocycles. The number of benzene rings is 1. The van der Waals surface area contributed by atoms with Crippen molar-refractivity contribution in [3.8, 4) is 0 Å². The monoisotopic (exact) mass is 318 g/mol. The number of halogens is 1. The summed E-state index contributed by atoms with van der Waals surface area (Å²) in [5, 5.41) is 0. The van der Waals surface area contributed by atoms with Gasteiger partial charge in [-0.15, -0.1) is 0 Å². The highest BCUT2D eigenvalue weighted by molar-refractivity contribution is 5.94. The fourth-order valence-corrected chi connectivity index (χ4v) is 4.33. The van der Waals surface area contributed by atoms with Crippen molar-refractivity contribution in [3.05, 3.63) is 35.6 Å². The molecule has 5 heteroatoms. The van der Waals surface area contributed by atoms with Gasteiger partial charge in [-0.2, -0.15) is 0 Å². The second kappa shape index (κ2) is 6.21. The first-order chi connectivity index (χ1) is 11.2. The van der Waals surface area contributed by atoms with Crippen molar-refractivity contribution in [1.82, 2.24) is 9.80 Å². The third-order valence-electron chi connectivity index (χ3n) is 5.50. The number of hydrogen-bond donors (Lipinski definition) is 0. The van der Waals surface area contributed by atoms with E-state index in [1.807, 2.05) is 4.90 Å². The Morgan fingerprint density at radius 3 is 3.00 bits per heavy atom. The summed E-state index contributed by atoms with van der Waals surface area (Å²) in [7, 11) is 0. The number of amides is 1. The minimum absolute atomic E-state index is 0.0250. The summed E-state index contributed by atoms with van der Waals surface area (Å²) in [4.78, 5) is 17.2. The van der Waals surface area contributed by atoms with Crippen molar-refractivity contribution < 1.29 is 13.9 Å². The highest BCUT2D eigenvalue weighted by Gasteiger charge is 2.43. The topological polar surface area (TPSA) is 32.8 Å². The fourth-order valence-electron chi connectivity index (χ4n) is 4.33. The van der Waals surface area contributed by atoms with Crippen LogP contribution in [-0.2, 0) is 4.74 Å². The summed E-state index contributed by atoms with van der Waals surface area (Å²) < 4.78 is 18.8. The molecule has 0 aliphatic carbocycles. The van der Waals surface area contributed by atoms with E-state index in [2.05, 4.69) is 4.90 Å². The van der Waals surface area contributed by atoms with Gasteiger partial charge in [-0.1, -0.05) is 6.07 Å². The fraction of sp³-hybridized carbons (Fsp3) is 0.611. The molecule has 0 radical (unpaired) electrons. The molecule has 3 saturated heterocycles. The van der Waals surface area contributed by atoms with Crippen LogP contribution in [0.3, 0.4) is 0 Å². The lowest BCUT2D eigenvalue weighted by atomic mass is 10.0. The first-order valence-corrected chi connectivity index (χ1v) is 8.57. The van der Waals surface area contributed by atoms with Crippen LogP contribution >= 0.6 is 0 Å². The number of carbonyl (C=O) groups excluding carboxylic acids is 1. The van der Waals surface area contributed by atoms with E-state index in [4.69, 9.17) is 4.74 Å². The average molecular weight is 318 g/mol. The van der Waals surface area contributed by atoms with E-state index in [9.17, 15) is 9.18 Å². The molecule has 1 aromatic rings. The van der Waals surface area contributed by atoms with Gasteiger partial charge in [0.25, 0.3) is 5.91 Å². The van der Waals surface area contributed by atoms with Crippen molar-refractivity contribution in [2.75, 3.05) is 39.4 Å². The van der Waals surface area contributed by atoms with Gasteiger partial charge in [0.15, 0.2) is 0 Å². The SMILES string of the molecule is O=C(c1cccc(F)c1)N1CC[C@H]2CN(CC3CCOC3)C[C@H]21. The lowest BCUT2D eigenvalue weighted by molar-refractivity contribution is 0.0724. The van der Waals surface area contributed by atoms with E-state index in [1.54, 1.807) is 12.1 Å². The van der Waals surface area contributed by atoms with Gasteiger partial charge in [0.1, 0.15) is 5.82 Å². The maximum Gasteiger partial charge on any atom is 0.254 e. The molecule has 0 N–H and O–H groups in total. The predicted molar refractivity (Wildman–Crippen MR) is 84.7 cm³/mol. The lowest BCUT2D eigenvalue weighted by Crippen LogP contribution is -2.40. The Labute approximate surface area is 136 Å². The summed E-state index contributed by atoms with van der Waals surface area (Å²) >= 11 is 0. The predicted octanol–water partition coefficient (Wildman–Crippen LogP) is 2.01. The molecular formula is C18H23FN2O2. The van der Waals surface area contributed by atoms with Crippen LogP contribution in [0.15, 0.2) is 24.3 Å². The summed E-state index contributed by atoms with van der Waals surface area (Å²) in [6.07, 6.45) is 2.21. The molecule has 3 heterocycles. The Hall–Kier alpha value is -1.46. The molecule has 1 aromatic carbocycles. The number of fused-ring (bicyclic) bond motifs is 1. The smallest absolute Gasteiger partial charge is 0.254 e. The highest BCUT2D eigenvalue weighted by atomic mass is 19.1. The largest absolute Gasteiger partial charge is 0.381 e. The standard InChI is InChI=1S/C18H23FN2O2/c19-16-3-1-2-14(8-16)18(22)21-6-4-15-10-20(11-17(15)21)9-13-5-7-23-12-13/h1-3,8,13,15,17H,4-7,9-12H2/t13?,15-,17+/m0/s1. The Morgan fingerprint density at radius 2 is 2.22 bits per heavy atom. The third kappa shape index (κ3) is 3.00. The van der Waals surface area contributed by atoms with Crippen molar-refractivity contribution in [2.45, 2.75) is 18.9 Å². The molecule has 23 heavy (non-hydrogen) atoms. The van der Waals surface area contributed by atoms with Crippen molar-refractivity contribution in [2.24, 2.45) is 11.8 Å². The van der Waals surface area contributed by atoms with Gasteiger partial charge in [-0.3, -0.25) is 4.79 Å². The van der Waals surface area contributed by atoms with Gasteiger partial charge in [-0.05, 0) is 42.9 Å². The van der Waals surface area contributed by atoms with Gasteiger partial charge < -0.3 is 14.5 Å². The van der Waals surface area contributed by atoms with Crippen LogP contribution in [0.5, 0.6) is 0 Å². The minimum atomic E-state index is -0.346. The van der Waals surface area contributed by atoms with Crippen molar-refractivity contribution in [1.29, 1.82) is 0 Å². The number of ether oxygens (including phenoxy) is 1. The molecule has 1 unspecified atom stereocenters. The number of likely N-dealkylation sites (tertiary alicyclic amines) is 2. The zero-order chi connectivity index (χ0) is 15.8. The average Bonchev–Trinajstić information content (AvgIpc) is 3.24. The Bertz CT molecular complexity index is 588. The molecule has 3 aliphatic rings. The van der Waals surface area contributed by atoms with E-state index in [0.29, 0.717) is 17.4 Å². The zero-order valence-corrected chi connectivity index (χ0v) is 13.3. The van der Waals surface area contributed by atoms with Gasteiger partial charge in [-0.25, -0.2) is 4.39 Å². The van der Waals surface area contributed by atoms with Gasteiger partial charge in [0.05, 0.1) is 6.61 Å². The van der Waals surface area contributed by atoms with Gasteiger partial charge in [0, 0.05) is 44.4 Å². The van der Waals surface area contributed by atoms with Gasteiger partial charge >= 0.3 is 0 Å². The summed E-state index contributed by atoms with van der Waals surface area (Å²) in [5.74, 6) is 0.833. The Morgan fingerprint density at radius 1 is 1.30 bits per heavy atom. The van der Waals surface area contributed by atoms with Gasteiger partial charge in [0.2, 0.25) is 0 Å². The second-order valence-electron chi connectivity index (χ2n) is 7.07. The quantitative estimate of drug-likeness (QED) is 0.855. The van der Waals surface area contributed by atoms with E-state index in [1.165, 1.54) is 12.1 Å². The van der Waals surface area contributed by atoms with Crippen LogP contribution in [0.25, 0.3) is 0 Å². The Balaban J connectivity index is 1.42. The van der Waals surface area contributed by atoms with E-state index < -0.39 is 0 Å². The van der Waals surface area contributed by atoms with Crippen LogP contribution in [0.2, 0.25) is 0 Å². The van der Waals surface area contributed by atoms with Crippen LogP contribution in [0, 0.1) is 17.7 Å². The molecule has 3 aliphatic heterocycles. The molecule has 4 rings (SSSR count). The van der Waals surface area contributed by atoms with E-state index in [-0.39, 0.29) is 17.8 Å². The molecule has 0 spiro atoms. The van der Waals surface area contributed by atoms with E-state index in [0.717, 1.165) is 52.2 Å². The normalized spacial score (nSPS) is 30.8. The third-order valence-corrected chi connectivity index (χ3v) is 5.50. The summed E-state index contributed by atoms with van der Waals surface area (Å²) in [6, 6.07) is 6.33. The molecule has 1 amide bonds. The molecule has 3 atom stereocenters. The number of rotatable bonds is 3. The lowest BCUT2D eigenvalue weighted by Gasteiger charge is -2.26. The van der Waals surface area contributed by atoms with E-state index >= 15 is 0 Å². The number of carbonyl (C=O) groups is 1. The first kappa shape index (κ1) is 15.1. The molecule has 4 nitrogen and oxygen atoms in total. The highest BCUT2D eigenvalue weighted by Crippen LogP contribution is 2.33. The molecular weight excluding hydrogens is 295 g/mol. The van der Waals surface area contributed by atoms with Crippen LogP contribution in [0.4, 0.5) is 4.39 Å². The van der Waals surface area contributed by atoms with Crippen LogP contribution < -0.4 is 0 Å². The maximum atomic E-state index is 13.4. The number of nitrogens with zero attached hydrogens (tertiary/aromatic N) is 2. The molecule has 124 valence electrons. The molecule has 0 aromatic heterocycles. The Kier molecular flexibility index (Phi) is 4.07. The van der Waals surface area contributed by atoms with Crippen molar-refractivity contribution in [3.63, 3.8) is 0 Å². The second-order valence-corrected chi connectivity index (χ2v) is 7.07. The zero-order valence-electron chi connectivity index (χ0n) is 13.3. The molecule has 0 bridgehead atoms. The minimum Gasteiger partial charge on any atom is -0.381 e. The number of hydrogen-bond acceptors (Lipinski definition) is 3.